The first-order valence-electron chi connectivity index (χ1n) is 5.93. The summed E-state index contributed by atoms with van der Waals surface area (Å²) in [7, 11) is 0. The van der Waals surface area contributed by atoms with E-state index in [2.05, 4.69) is 4.72 Å². The summed E-state index contributed by atoms with van der Waals surface area (Å²) in [5.41, 5.74) is 0.0949. The van der Waals surface area contributed by atoms with Gasteiger partial charge in [0.15, 0.2) is 0 Å². The standard InChI is InChI=1S/C13H17F2NO3S/c1-13(2,3)20(19)16-11(10(15)12(17)18)8-5-4-6-9(14)7-8/h4-7,10-11,16H,1-3H3,(H,17,18)/t10?,11?,20-/m1/s1. The van der Waals surface area contributed by atoms with Gasteiger partial charge < -0.3 is 9.66 Å². The highest BCUT2D eigenvalue weighted by molar-refractivity contribution is 7.90. The van der Waals surface area contributed by atoms with E-state index in [1.54, 1.807) is 20.8 Å². The molecule has 112 valence electrons. The Morgan fingerprint density at radius 1 is 1.45 bits per heavy atom. The number of carbonyl (C=O) groups is 1. The number of halogens is 2. The Labute approximate surface area is 119 Å². The van der Waals surface area contributed by atoms with Crippen LogP contribution in [0, 0.1) is 5.82 Å². The van der Waals surface area contributed by atoms with Gasteiger partial charge in [0.25, 0.3) is 0 Å². The summed E-state index contributed by atoms with van der Waals surface area (Å²) < 4.78 is 40.8. The third-order valence-electron chi connectivity index (χ3n) is 2.53. The van der Waals surface area contributed by atoms with Crippen LogP contribution in [0.4, 0.5) is 8.78 Å². The van der Waals surface area contributed by atoms with Crippen LogP contribution in [-0.2, 0) is 16.2 Å². The van der Waals surface area contributed by atoms with Gasteiger partial charge in [-0.15, -0.1) is 4.72 Å². The fourth-order valence-electron chi connectivity index (χ4n) is 1.43. The van der Waals surface area contributed by atoms with Crippen molar-refractivity contribution in [1.82, 2.24) is 4.72 Å². The highest BCUT2D eigenvalue weighted by Gasteiger charge is 2.37. The Bertz CT molecular complexity index is 479. The van der Waals surface area contributed by atoms with Gasteiger partial charge in [0.2, 0.25) is 6.17 Å². The maximum atomic E-state index is 13.8. The maximum absolute atomic E-state index is 13.8. The van der Waals surface area contributed by atoms with Crippen LogP contribution in [0.2, 0.25) is 0 Å². The summed E-state index contributed by atoms with van der Waals surface area (Å²) in [6.07, 6.45) is -2.33. The van der Waals surface area contributed by atoms with Gasteiger partial charge in [-0.3, -0.25) is 0 Å². The van der Waals surface area contributed by atoms with Crippen molar-refractivity contribution in [3.63, 3.8) is 0 Å². The molecule has 4 nitrogen and oxygen atoms in total. The second-order valence-corrected chi connectivity index (χ2v) is 7.27. The minimum absolute atomic E-state index is 0.0949. The number of hydrogen-bond donors (Lipinski definition) is 2. The summed E-state index contributed by atoms with van der Waals surface area (Å²) in [5, 5.41) is 8.79. The Morgan fingerprint density at radius 2 is 2.05 bits per heavy atom. The van der Waals surface area contributed by atoms with Crippen LogP contribution >= 0.6 is 0 Å². The lowest BCUT2D eigenvalue weighted by molar-refractivity contribution is -0.143. The lowest BCUT2D eigenvalue weighted by Crippen LogP contribution is -2.45. The van der Waals surface area contributed by atoms with Crippen LogP contribution in [0.25, 0.3) is 0 Å². The molecule has 1 rings (SSSR count). The topological polar surface area (TPSA) is 72.4 Å². The zero-order chi connectivity index (χ0) is 15.5. The van der Waals surface area contributed by atoms with Gasteiger partial charge >= 0.3 is 5.97 Å². The van der Waals surface area contributed by atoms with Gasteiger partial charge in [0.1, 0.15) is 16.6 Å². The normalized spacial score (nSPS) is 16.5. The van der Waals surface area contributed by atoms with E-state index in [-0.39, 0.29) is 5.56 Å². The van der Waals surface area contributed by atoms with Gasteiger partial charge in [0, 0.05) is 11.4 Å². The number of nitrogens with one attached hydrogen (secondary N) is 1. The fraction of sp³-hybridized carbons (Fsp3) is 0.462. The molecular weight excluding hydrogens is 288 g/mol. The zero-order valence-electron chi connectivity index (χ0n) is 11.4. The van der Waals surface area contributed by atoms with Crippen LogP contribution in [0.15, 0.2) is 24.3 Å². The molecule has 0 fully saturated rings. The quantitative estimate of drug-likeness (QED) is 0.819. The molecule has 2 N–H and O–H groups in total. The van der Waals surface area contributed by atoms with Crippen LogP contribution in [0.3, 0.4) is 0 Å². The molecule has 0 aliphatic carbocycles. The van der Waals surface area contributed by atoms with Crippen LogP contribution < -0.4 is 4.72 Å². The average Bonchev–Trinajstić information content (AvgIpc) is 2.33. The molecule has 2 unspecified atom stereocenters. The van der Waals surface area contributed by atoms with E-state index in [0.717, 1.165) is 12.1 Å². The first kappa shape index (κ1) is 16.9. The molecule has 20 heavy (non-hydrogen) atoms. The van der Waals surface area contributed by atoms with Crippen molar-refractivity contribution in [3.8, 4) is 0 Å². The van der Waals surface area contributed by atoms with Gasteiger partial charge in [-0.05, 0) is 38.5 Å². The van der Waals surface area contributed by atoms with Crippen molar-refractivity contribution in [2.75, 3.05) is 0 Å². The van der Waals surface area contributed by atoms with Crippen molar-refractivity contribution in [2.45, 2.75) is 37.7 Å². The minimum atomic E-state index is -2.33. The molecule has 0 aliphatic heterocycles. The second-order valence-electron chi connectivity index (χ2n) is 5.27. The summed E-state index contributed by atoms with van der Waals surface area (Å²) in [6, 6.07) is 3.52. The van der Waals surface area contributed by atoms with Crippen molar-refractivity contribution in [3.05, 3.63) is 35.6 Å². The monoisotopic (exact) mass is 305 g/mol. The predicted molar refractivity (Wildman–Crippen MR) is 72.7 cm³/mol. The summed E-state index contributed by atoms with van der Waals surface area (Å²) in [6.45, 7) is 4.98. The highest BCUT2D eigenvalue weighted by Crippen LogP contribution is 2.25. The molecule has 1 aromatic carbocycles. The average molecular weight is 305 g/mol. The molecule has 0 aliphatic rings. The Balaban J connectivity index is 3.06. The molecule has 0 heterocycles. The third kappa shape index (κ3) is 4.43. The number of rotatable bonds is 5. The molecule has 0 saturated heterocycles. The molecule has 0 amide bonds. The van der Waals surface area contributed by atoms with Gasteiger partial charge in [0.05, 0.1) is 0 Å². The number of carboxylic acid groups (broad SMARTS) is 1. The molecular formula is C13H17F2NO3S. The lowest BCUT2D eigenvalue weighted by Gasteiger charge is -2.28. The van der Waals surface area contributed by atoms with Crippen molar-refractivity contribution in [1.29, 1.82) is 0 Å². The SMILES string of the molecule is CC(C)(C)[S@@+]([O-])NC(c1cccc(F)c1)C(F)C(=O)O. The Hall–Kier alpha value is -1.18. The summed E-state index contributed by atoms with van der Waals surface area (Å²) in [4.78, 5) is 10.8. The van der Waals surface area contributed by atoms with Crippen LogP contribution in [-0.4, -0.2) is 26.5 Å². The summed E-state index contributed by atoms with van der Waals surface area (Å²) in [5.74, 6) is -2.31. The number of benzene rings is 1. The Morgan fingerprint density at radius 3 is 2.50 bits per heavy atom. The third-order valence-corrected chi connectivity index (χ3v) is 4.11. The van der Waals surface area contributed by atoms with Crippen molar-refractivity contribution < 1.29 is 23.2 Å². The molecule has 0 bridgehead atoms. The van der Waals surface area contributed by atoms with E-state index < -0.39 is 40.1 Å². The van der Waals surface area contributed by atoms with Crippen LogP contribution in [0.5, 0.6) is 0 Å². The summed E-state index contributed by atoms with van der Waals surface area (Å²) >= 11 is -1.69. The molecule has 1 aromatic rings. The number of carboxylic acids is 1. The molecule has 0 radical (unpaired) electrons. The van der Waals surface area contributed by atoms with E-state index in [9.17, 15) is 18.1 Å². The smallest absolute Gasteiger partial charge is 0.340 e. The van der Waals surface area contributed by atoms with E-state index in [0.29, 0.717) is 0 Å². The first-order valence-corrected chi connectivity index (χ1v) is 7.08. The predicted octanol–water partition coefficient (Wildman–Crippen LogP) is 2.34. The molecule has 0 aromatic heterocycles. The van der Waals surface area contributed by atoms with Crippen molar-refractivity contribution in [2.24, 2.45) is 0 Å². The van der Waals surface area contributed by atoms with E-state index in [4.69, 9.17) is 5.11 Å². The van der Waals surface area contributed by atoms with Crippen LogP contribution in [0.1, 0.15) is 32.4 Å². The number of hydrogen-bond acceptors (Lipinski definition) is 3. The highest BCUT2D eigenvalue weighted by atomic mass is 32.2. The molecule has 0 spiro atoms. The van der Waals surface area contributed by atoms with Crippen molar-refractivity contribution >= 4 is 17.3 Å². The van der Waals surface area contributed by atoms with Gasteiger partial charge in [-0.25, -0.2) is 13.6 Å². The minimum Gasteiger partial charge on any atom is -0.598 e. The zero-order valence-corrected chi connectivity index (χ0v) is 12.2. The molecule has 0 saturated carbocycles. The maximum Gasteiger partial charge on any atom is 0.340 e. The van der Waals surface area contributed by atoms with Gasteiger partial charge in [-0.2, -0.15) is 0 Å². The number of aliphatic carboxylic acids is 1. The lowest BCUT2D eigenvalue weighted by atomic mass is 10.0. The fourth-order valence-corrected chi connectivity index (χ4v) is 2.27. The largest absolute Gasteiger partial charge is 0.598 e. The van der Waals surface area contributed by atoms with E-state index in [1.807, 2.05) is 0 Å². The molecule has 3 atom stereocenters. The van der Waals surface area contributed by atoms with Gasteiger partial charge in [-0.1, -0.05) is 12.1 Å². The first-order chi connectivity index (χ1) is 9.12. The Kier molecular flexibility index (Phi) is 5.50. The van der Waals surface area contributed by atoms with E-state index in [1.165, 1.54) is 12.1 Å². The number of alkyl halides is 1. The second kappa shape index (κ2) is 6.51. The van der Waals surface area contributed by atoms with E-state index >= 15 is 0 Å². The molecule has 7 heteroatoms.